The largest absolute Gasteiger partial charge is 0.489 e. The van der Waals surface area contributed by atoms with Crippen LogP contribution in [-0.2, 0) is 16.1 Å². The number of nitrogens with one attached hydrogen (secondary N) is 2. The predicted octanol–water partition coefficient (Wildman–Crippen LogP) is 1.47. The first kappa shape index (κ1) is 23.2. The molecule has 0 bridgehead atoms. The van der Waals surface area contributed by atoms with E-state index in [0.29, 0.717) is 55.5 Å². The van der Waals surface area contributed by atoms with Gasteiger partial charge < -0.3 is 25.0 Å². The molecule has 0 spiro atoms. The van der Waals surface area contributed by atoms with Crippen LogP contribution in [0.2, 0.25) is 0 Å². The van der Waals surface area contributed by atoms with Crippen molar-refractivity contribution < 1.29 is 19.1 Å². The number of fused-ring (bicyclic) bond motifs is 2. The Morgan fingerprint density at radius 1 is 1.15 bits per heavy atom. The molecule has 0 saturated carbocycles. The number of carbonyl (C=O) groups is 2. The highest BCUT2D eigenvalue weighted by molar-refractivity contribution is 6.01. The smallest absolute Gasteiger partial charge is 0.258 e. The van der Waals surface area contributed by atoms with E-state index >= 15 is 0 Å². The third-order valence-corrected chi connectivity index (χ3v) is 5.14. The zero-order valence-electron chi connectivity index (χ0n) is 18.7. The standard InChI is InChI=1S/C23H27N7O4/c31-21(25-9-4-10-30-17-24-16-27-30)15-29-11-12-33-13-14-34-20-7-2-1-6-19(20)28-22-18(23(29)32)5-3-8-26-22/h1-3,5-8,16-17H,4,9-15H2,(H,25,31)(H,26,28). The van der Waals surface area contributed by atoms with Gasteiger partial charge in [-0.1, -0.05) is 12.1 Å². The lowest BCUT2D eigenvalue weighted by molar-refractivity contribution is -0.121. The lowest BCUT2D eigenvalue weighted by Crippen LogP contribution is -2.43. The Labute approximate surface area is 197 Å². The van der Waals surface area contributed by atoms with Crippen molar-refractivity contribution in [2.75, 3.05) is 44.8 Å². The number of carbonyl (C=O) groups excluding carboxylic acids is 2. The molecule has 2 amide bonds. The number of hydrogen-bond donors (Lipinski definition) is 2. The quantitative estimate of drug-likeness (QED) is 0.525. The number of pyridine rings is 1. The zero-order valence-corrected chi connectivity index (χ0v) is 18.7. The Hall–Kier alpha value is -3.99. The van der Waals surface area contributed by atoms with E-state index in [1.807, 2.05) is 24.3 Å². The van der Waals surface area contributed by atoms with Crippen LogP contribution in [0.25, 0.3) is 0 Å². The van der Waals surface area contributed by atoms with Gasteiger partial charge in [-0.05, 0) is 30.7 Å². The van der Waals surface area contributed by atoms with Crippen molar-refractivity contribution in [3.63, 3.8) is 0 Å². The molecular weight excluding hydrogens is 438 g/mol. The highest BCUT2D eigenvalue weighted by atomic mass is 16.5. The molecule has 11 nitrogen and oxygen atoms in total. The van der Waals surface area contributed by atoms with Gasteiger partial charge in [0, 0.05) is 25.8 Å². The van der Waals surface area contributed by atoms with Gasteiger partial charge in [-0.3, -0.25) is 14.3 Å². The molecule has 178 valence electrons. The SMILES string of the molecule is O=C(CN1CCOCCOc2ccccc2Nc2ncccc2C1=O)NCCCn1cncn1. The van der Waals surface area contributed by atoms with E-state index in [0.717, 1.165) is 0 Å². The average Bonchev–Trinajstić information content (AvgIpc) is 3.37. The number of amides is 2. The Bertz CT molecular complexity index is 1090. The fraction of sp³-hybridized carbons (Fsp3) is 0.348. The summed E-state index contributed by atoms with van der Waals surface area (Å²) in [6.45, 7) is 2.26. The van der Waals surface area contributed by atoms with Crippen molar-refractivity contribution >= 4 is 23.3 Å². The summed E-state index contributed by atoms with van der Waals surface area (Å²) in [6.07, 6.45) is 5.40. The number of aromatic nitrogens is 4. The van der Waals surface area contributed by atoms with Crippen molar-refractivity contribution in [2.24, 2.45) is 0 Å². The van der Waals surface area contributed by atoms with Gasteiger partial charge in [-0.25, -0.2) is 9.97 Å². The summed E-state index contributed by atoms with van der Waals surface area (Å²) in [7, 11) is 0. The van der Waals surface area contributed by atoms with Gasteiger partial charge in [0.25, 0.3) is 5.91 Å². The number of aryl methyl sites for hydroxylation is 1. The Kier molecular flexibility index (Phi) is 8.01. The van der Waals surface area contributed by atoms with Crippen LogP contribution < -0.4 is 15.4 Å². The molecule has 1 aromatic carbocycles. The van der Waals surface area contributed by atoms with E-state index in [2.05, 4.69) is 25.7 Å². The van der Waals surface area contributed by atoms with Crippen LogP contribution in [-0.4, -0.2) is 75.9 Å². The maximum Gasteiger partial charge on any atom is 0.258 e. The van der Waals surface area contributed by atoms with Crippen LogP contribution in [0.1, 0.15) is 16.8 Å². The van der Waals surface area contributed by atoms with Crippen LogP contribution in [0, 0.1) is 0 Å². The Morgan fingerprint density at radius 3 is 2.94 bits per heavy atom. The summed E-state index contributed by atoms with van der Waals surface area (Å²) in [5.74, 6) is 0.469. The molecule has 1 aliphatic heterocycles. The van der Waals surface area contributed by atoms with E-state index in [1.165, 1.54) is 11.2 Å². The molecule has 0 aliphatic carbocycles. The number of anilines is 2. The number of para-hydroxylation sites is 2. The first-order valence-corrected chi connectivity index (χ1v) is 11.1. The second-order valence-corrected chi connectivity index (χ2v) is 7.57. The molecule has 3 heterocycles. The van der Waals surface area contributed by atoms with Crippen molar-refractivity contribution in [3.8, 4) is 5.75 Å². The zero-order chi connectivity index (χ0) is 23.6. The topological polar surface area (TPSA) is 124 Å². The van der Waals surface area contributed by atoms with Gasteiger partial charge in [0.15, 0.2) is 0 Å². The van der Waals surface area contributed by atoms with Crippen LogP contribution in [0.3, 0.4) is 0 Å². The average molecular weight is 466 g/mol. The molecule has 0 unspecified atom stereocenters. The van der Waals surface area contributed by atoms with Gasteiger partial charge in [-0.15, -0.1) is 0 Å². The van der Waals surface area contributed by atoms with Crippen molar-refractivity contribution in [3.05, 3.63) is 60.8 Å². The van der Waals surface area contributed by atoms with Gasteiger partial charge in [0.05, 0.1) is 31.0 Å². The van der Waals surface area contributed by atoms with E-state index in [1.54, 1.807) is 29.3 Å². The van der Waals surface area contributed by atoms with Crippen molar-refractivity contribution in [1.29, 1.82) is 0 Å². The molecule has 0 atom stereocenters. The molecule has 0 saturated heterocycles. The summed E-state index contributed by atoms with van der Waals surface area (Å²) < 4.78 is 13.2. The third kappa shape index (κ3) is 6.29. The van der Waals surface area contributed by atoms with Gasteiger partial charge in [-0.2, -0.15) is 5.10 Å². The maximum atomic E-state index is 13.4. The van der Waals surface area contributed by atoms with E-state index in [4.69, 9.17) is 9.47 Å². The Morgan fingerprint density at radius 2 is 2.06 bits per heavy atom. The molecule has 3 aromatic rings. The van der Waals surface area contributed by atoms with E-state index < -0.39 is 0 Å². The maximum absolute atomic E-state index is 13.4. The van der Waals surface area contributed by atoms with Gasteiger partial charge in [0.2, 0.25) is 5.91 Å². The second kappa shape index (κ2) is 11.8. The predicted molar refractivity (Wildman–Crippen MR) is 124 cm³/mol. The summed E-state index contributed by atoms with van der Waals surface area (Å²) >= 11 is 0. The van der Waals surface area contributed by atoms with Crippen LogP contribution in [0.15, 0.2) is 55.2 Å². The molecule has 4 rings (SSSR count). The highest BCUT2D eigenvalue weighted by Gasteiger charge is 2.23. The minimum Gasteiger partial charge on any atom is -0.489 e. The number of nitrogens with zero attached hydrogens (tertiary/aromatic N) is 5. The van der Waals surface area contributed by atoms with Gasteiger partial charge >= 0.3 is 0 Å². The number of rotatable bonds is 6. The number of ether oxygens (including phenoxy) is 2. The van der Waals surface area contributed by atoms with Crippen molar-refractivity contribution in [2.45, 2.75) is 13.0 Å². The molecular formula is C23H27N7O4. The van der Waals surface area contributed by atoms with E-state index in [9.17, 15) is 9.59 Å². The number of hydrogen-bond acceptors (Lipinski definition) is 8. The van der Waals surface area contributed by atoms with Gasteiger partial charge in [0.1, 0.15) is 30.8 Å². The molecule has 11 heteroatoms. The molecule has 1 aliphatic rings. The summed E-state index contributed by atoms with van der Waals surface area (Å²) in [5, 5.41) is 10.1. The summed E-state index contributed by atoms with van der Waals surface area (Å²) in [6, 6.07) is 10.8. The summed E-state index contributed by atoms with van der Waals surface area (Å²) in [4.78, 5) is 35.7. The fourth-order valence-corrected chi connectivity index (χ4v) is 3.46. The molecule has 0 fully saturated rings. The van der Waals surface area contributed by atoms with Crippen LogP contribution in [0.4, 0.5) is 11.5 Å². The number of benzene rings is 1. The molecule has 34 heavy (non-hydrogen) atoms. The summed E-state index contributed by atoms with van der Waals surface area (Å²) in [5.41, 5.74) is 1.04. The lowest BCUT2D eigenvalue weighted by Gasteiger charge is -2.23. The molecule has 2 aromatic heterocycles. The third-order valence-electron chi connectivity index (χ3n) is 5.14. The van der Waals surface area contributed by atoms with Crippen LogP contribution >= 0.6 is 0 Å². The van der Waals surface area contributed by atoms with Crippen molar-refractivity contribution in [1.82, 2.24) is 30.0 Å². The first-order valence-electron chi connectivity index (χ1n) is 11.1. The lowest BCUT2D eigenvalue weighted by atomic mass is 10.2. The first-order chi connectivity index (χ1) is 16.7. The fourth-order valence-electron chi connectivity index (χ4n) is 3.46. The van der Waals surface area contributed by atoms with Crippen LogP contribution in [0.5, 0.6) is 5.75 Å². The van der Waals surface area contributed by atoms with E-state index in [-0.39, 0.29) is 31.5 Å². The molecule has 0 radical (unpaired) electrons. The minimum atomic E-state index is -0.311. The monoisotopic (exact) mass is 465 g/mol. The highest BCUT2D eigenvalue weighted by Crippen LogP contribution is 2.28. The minimum absolute atomic E-state index is 0.0903. The second-order valence-electron chi connectivity index (χ2n) is 7.57. The molecule has 2 N–H and O–H groups in total. The Balaban J connectivity index is 1.45. The normalized spacial score (nSPS) is 14.4.